The summed E-state index contributed by atoms with van der Waals surface area (Å²) in [6.45, 7) is 9.15. The van der Waals surface area contributed by atoms with Gasteiger partial charge in [0.2, 0.25) is 11.4 Å². The zero-order valence-corrected chi connectivity index (χ0v) is 23.7. The van der Waals surface area contributed by atoms with E-state index in [1.807, 2.05) is 0 Å². The number of hydrogen-bond donors (Lipinski definition) is 2. The molecule has 0 spiro atoms. The lowest BCUT2D eigenvalue weighted by molar-refractivity contribution is -0.179. The maximum absolute atomic E-state index is 13.9. The SMILES string of the molecule is CCC1(OC(C)=O)C(=O)OCC2=C1CC1=C(C2=O)N2Cc3c(cccc3CC[Si](C)(C)CCCN)C=C2N1. The Balaban J connectivity index is 1.44. The van der Waals surface area contributed by atoms with Gasteiger partial charge in [-0.2, -0.15) is 0 Å². The van der Waals surface area contributed by atoms with Gasteiger partial charge in [-0.25, -0.2) is 4.79 Å². The lowest BCUT2D eigenvalue weighted by Gasteiger charge is -2.39. The molecule has 9 heteroatoms. The third kappa shape index (κ3) is 4.41. The minimum atomic E-state index is -1.57. The van der Waals surface area contributed by atoms with E-state index in [0.29, 0.717) is 29.8 Å². The molecule has 0 fully saturated rings. The number of ketones is 1. The van der Waals surface area contributed by atoms with E-state index in [4.69, 9.17) is 15.2 Å². The summed E-state index contributed by atoms with van der Waals surface area (Å²) in [5, 5.41) is 3.44. The zero-order chi connectivity index (χ0) is 27.2. The lowest BCUT2D eigenvalue weighted by Crippen LogP contribution is -2.51. The summed E-state index contributed by atoms with van der Waals surface area (Å²) in [5.74, 6) is -0.518. The fourth-order valence-corrected chi connectivity index (χ4v) is 8.55. The molecular formula is C29H37N3O5Si. The van der Waals surface area contributed by atoms with Crippen LogP contribution in [0.1, 0.15) is 49.8 Å². The molecule has 0 aromatic heterocycles. The van der Waals surface area contributed by atoms with Crippen LogP contribution < -0.4 is 11.1 Å². The summed E-state index contributed by atoms with van der Waals surface area (Å²) in [5.41, 5.74) is 10.2. The van der Waals surface area contributed by atoms with Gasteiger partial charge in [-0.15, -0.1) is 0 Å². The molecule has 0 saturated heterocycles. The molecule has 3 aliphatic heterocycles. The first-order valence-corrected chi connectivity index (χ1v) is 17.0. The Morgan fingerprint density at radius 3 is 2.76 bits per heavy atom. The molecule has 0 bridgehead atoms. The number of hydrogen-bond acceptors (Lipinski definition) is 8. The average Bonchev–Trinajstić information content (AvgIpc) is 3.24. The number of aryl methyl sites for hydroxylation is 1. The van der Waals surface area contributed by atoms with Crippen LogP contribution in [0.4, 0.5) is 0 Å². The minimum absolute atomic E-state index is 0.107. The Morgan fingerprint density at radius 2 is 2.05 bits per heavy atom. The summed E-state index contributed by atoms with van der Waals surface area (Å²) < 4.78 is 11.0. The molecule has 0 saturated carbocycles. The predicted molar refractivity (Wildman–Crippen MR) is 147 cm³/mol. The smallest absolute Gasteiger partial charge is 0.355 e. The fourth-order valence-electron chi connectivity index (χ4n) is 6.19. The number of ether oxygens (including phenoxy) is 2. The van der Waals surface area contributed by atoms with E-state index in [2.05, 4.69) is 47.6 Å². The van der Waals surface area contributed by atoms with Crippen LogP contribution in [0, 0.1) is 0 Å². The molecule has 4 aliphatic rings. The van der Waals surface area contributed by atoms with Crippen LogP contribution in [0.2, 0.25) is 25.2 Å². The van der Waals surface area contributed by atoms with Crippen molar-refractivity contribution in [2.45, 2.75) is 76.9 Å². The number of carbonyl (C=O) groups excluding carboxylic acids is 3. The van der Waals surface area contributed by atoms with E-state index >= 15 is 0 Å². The monoisotopic (exact) mass is 535 g/mol. The third-order valence-electron chi connectivity index (χ3n) is 8.36. The van der Waals surface area contributed by atoms with Gasteiger partial charge in [0, 0.05) is 38.3 Å². The van der Waals surface area contributed by atoms with Crippen LogP contribution in [0.15, 0.2) is 46.6 Å². The number of cyclic esters (lactones) is 1. The number of benzene rings is 1. The van der Waals surface area contributed by atoms with Crippen molar-refractivity contribution >= 4 is 31.9 Å². The number of allylic oxidation sites excluding steroid dienone is 2. The molecule has 202 valence electrons. The van der Waals surface area contributed by atoms with Gasteiger partial charge < -0.3 is 25.4 Å². The van der Waals surface area contributed by atoms with Gasteiger partial charge >= 0.3 is 11.9 Å². The molecule has 1 atom stereocenters. The lowest BCUT2D eigenvalue weighted by atomic mass is 9.78. The Kier molecular flexibility index (Phi) is 6.85. The largest absolute Gasteiger partial charge is 0.457 e. The van der Waals surface area contributed by atoms with E-state index in [9.17, 15) is 14.4 Å². The van der Waals surface area contributed by atoms with Gasteiger partial charge in [0.15, 0.2) is 0 Å². The van der Waals surface area contributed by atoms with E-state index in [1.54, 1.807) is 6.92 Å². The van der Waals surface area contributed by atoms with Crippen LogP contribution in [0.3, 0.4) is 0 Å². The summed E-state index contributed by atoms with van der Waals surface area (Å²) in [4.78, 5) is 40.7. The maximum Gasteiger partial charge on any atom is 0.355 e. The molecule has 38 heavy (non-hydrogen) atoms. The Morgan fingerprint density at radius 1 is 1.26 bits per heavy atom. The van der Waals surface area contributed by atoms with Crippen LogP contribution in [0.5, 0.6) is 0 Å². The molecule has 1 aromatic carbocycles. The van der Waals surface area contributed by atoms with Gasteiger partial charge in [-0.05, 0) is 48.6 Å². The van der Waals surface area contributed by atoms with Crippen LogP contribution in [-0.4, -0.2) is 49.4 Å². The van der Waals surface area contributed by atoms with Crippen molar-refractivity contribution in [3.05, 3.63) is 63.3 Å². The number of Topliss-reactive ketones (excluding diaryl/α,β-unsaturated/α-hetero) is 1. The van der Waals surface area contributed by atoms with Gasteiger partial charge in [-0.3, -0.25) is 9.59 Å². The highest BCUT2D eigenvalue weighted by Gasteiger charge is 2.54. The first-order chi connectivity index (χ1) is 18.1. The summed E-state index contributed by atoms with van der Waals surface area (Å²) in [7, 11) is -1.34. The number of fused-ring (bicyclic) bond motifs is 3. The van der Waals surface area contributed by atoms with Crippen molar-refractivity contribution in [3.8, 4) is 0 Å². The highest BCUT2D eigenvalue weighted by molar-refractivity contribution is 6.77. The summed E-state index contributed by atoms with van der Waals surface area (Å²) in [6, 6.07) is 8.88. The number of carbonyl (C=O) groups is 3. The summed E-state index contributed by atoms with van der Waals surface area (Å²) in [6.07, 6.45) is 4.73. The fraction of sp³-hybridized carbons (Fsp3) is 0.483. The molecule has 3 N–H and O–H groups in total. The van der Waals surface area contributed by atoms with Crippen molar-refractivity contribution < 1.29 is 23.9 Å². The second kappa shape index (κ2) is 9.85. The van der Waals surface area contributed by atoms with Crippen molar-refractivity contribution in [1.82, 2.24) is 10.2 Å². The number of nitrogens with one attached hydrogen (secondary N) is 1. The summed E-state index contributed by atoms with van der Waals surface area (Å²) >= 11 is 0. The molecule has 0 amide bonds. The van der Waals surface area contributed by atoms with Gasteiger partial charge in [0.1, 0.15) is 18.1 Å². The molecule has 1 unspecified atom stereocenters. The Hall–Kier alpha value is -3.17. The standard InChI is InChI=1S/C29H37N3O5Si/c1-5-29(37-18(2)33)23-15-24-26(27(34)22(23)17-36-28(29)35)32-16-21-19(10-13-38(3,4)12-7-11-30)8-6-9-20(21)14-25(32)31-24/h6,8-9,14,31H,5,7,10-13,15-17,30H2,1-4H3. The Labute approximate surface area is 224 Å². The second-order valence-electron chi connectivity index (χ2n) is 11.4. The normalized spacial score (nSPS) is 22.2. The van der Waals surface area contributed by atoms with E-state index < -0.39 is 25.6 Å². The number of rotatable bonds is 8. The second-order valence-corrected chi connectivity index (χ2v) is 16.8. The topological polar surface area (TPSA) is 111 Å². The minimum Gasteiger partial charge on any atom is -0.457 e. The molecular weight excluding hydrogens is 498 g/mol. The highest BCUT2D eigenvalue weighted by atomic mass is 28.3. The quantitative estimate of drug-likeness (QED) is 0.383. The van der Waals surface area contributed by atoms with E-state index in [-0.39, 0.29) is 18.8 Å². The first-order valence-electron chi connectivity index (χ1n) is 13.5. The molecule has 5 rings (SSSR count). The third-order valence-corrected chi connectivity index (χ3v) is 11.7. The maximum atomic E-state index is 13.9. The number of esters is 2. The number of nitrogens with zero attached hydrogens (tertiary/aromatic N) is 1. The molecule has 8 nitrogen and oxygen atoms in total. The van der Waals surface area contributed by atoms with Crippen molar-refractivity contribution in [1.29, 1.82) is 0 Å². The van der Waals surface area contributed by atoms with Gasteiger partial charge in [-0.1, -0.05) is 50.3 Å². The van der Waals surface area contributed by atoms with Crippen molar-refractivity contribution in [2.24, 2.45) is 5.73 Å². The Bertz CT molecular complexity index is 1310. The van der Waals surface area contributed by atoms with Crippen molar-refractivity contribution in [2.75, 3.05) is 13.2 Å². The van der Waals surface area contributed by atoms with Gasteiger partial charge in [0.05, 0.1) is 6.54 Å². The molecule has 1 aliphatic carbocycles. The highest BCUT2D eigenvalue weighted by Crippen LogP contribution is 2.46. The average molecular weight is 536 g/mol. The molecule has 3 heterocycles. The van der Waals surface area contributed by atoms with E-state index in [1.165, 1.54) is 30.1 Å². The van der Waals surface area contributed by atoms with Crippen LogP contribution >= 0.6 is 0 Å². The first kappa shape index (κ1) is 26.4. The van der Waals surface area contributed by atoms with Gasteiger partial charge in [0.25, 0.3) is 0 Å². The number of nitrogens with two attached hydrogens (primary N) is 1. The molecule has 0 radical (unpaired) electrons. The predicted octanol–water partition coefficient (Wildman–Crippen LogP) is 3.75. The van der Waals surface area contributed by atoms with Crippen molar-refractivity contribution in [3.63, 3.8) is 0 Å². The van der Waals surface area contributed by atoms with E-state index in [0.717, 1.165) is 36.5 Å². The zero-order valence-electron chi connectivity index (χ0n) is 22.7. The van der Waals surface area contributed by atoms with Crippen LogP contribution in [0.25, 0.3) is 6.08 Å². The molecule has 1 aromatic rings. The van der Waals surface area contributed by atoms with Crippen LogP contribution in [-0.2, 0) is 36.8 Å².